The van der Waals surface area contributed by atoms with E-state index in [0.717, 1.165) is 16.7 Å². The molecule has 1 fully saturated rings. The summed E-state index contributed by atoms with van der Waals surface area (Å²) in [6.07, 6.45) is 2.39. The third kappa shape index (κ3) is 4.29. The van der Waals surface area contributed by atoms with Crippen molar-refractivity contribution in [3.63, 3.8) is 0 Å². The number of rotatable bonds is 7. The van der Waals surface area contributed by atoms with E-state index in [9.17, 15) is 24.8 Å². The fraction of sp³-hybridized carbons (Fsp3) is 0.250. The number of aliphatic carboxylic acids is 1. The van der Waals surface area contributed by atoms with E-state index in [-0.39, 0.29) is 14.9 Å². The highest BCUT2D eigenvalue weighted by Gasteiger charge is 2.40. The maximum absolute atomic E-state index is 12.7. The van der Waals surface area contributed by atoms with Gasteiger partial charge in [-0.2, -0.15) is 0 Å². The van der Waals surface area contributed by atoms with Crippen molar-refractivity contribution < 1.29 is 24.0 Å². The second-order valence-electron chi connectivity index (χ2n) is 6.65. The molecule has 1 aliphatic heterocycles. The highest BCUT2D eigenvalue weighted by atomic mass is 32.2. The van der Waals surface area contributed by atoms with Gasteiger partial charge in [0.15, 0.2) is 0 Å². The van der Waals surface area contributed by atoms with Crippen LogP contribution in [0.2, 0.25) is 0 Å². The number of hydrogen-bond donors (Lipinski definition) is 1. The predicted octanol–water partition coefficient (Wildman–Crippen LogP) is 4.62. The van der Waals surface area contributed by atoms with Crippen LogP contribution in [0.5, 0.6) is 0 Å². The molecule has 8 nitrogen and oxygen atoms in total. The molecule has 2 aromatic rings. The number of hydrogen-bond acceptors (Lipinski definition) is 7. The summed E-state index contributed by atoms with van der Waals surface area (Å²) < 4.78 is 5.93. The van der Waals surface area contributed by atoms with Gasteiger partial charge < -0.3 is 9.52 Å². The Hall–Kier alpha value is -2.98. The Kier molecular flexibility index (Phi) is 6.37. The van der Waals surface area contributed by atoms with Crippen LogP contribution in [0, 0.1) is 17.0 Å². The number of thioether (sulfide) groups is 1. The van der Waals surface area contributed by atoms with E-state index in [2.05, 4.69) is 0 Å². The SMILES string of the molecule is CCC[C@@H](C(=O)O)N1C(=O)/C(=C/c2ccc(-c3ccc(C)c([N+](=O)[O-])c3)o2)SC1=S. The quantitative estimate of drug-likeness (QED) is 0.284. The van der Waals surface area contributed by atoms with Crippen molar-refractivity contribution >= 4 is 51.9 Å². The molecule has 1 aromatic heterocycles. The standard InChI is InChI=1S/C20H18N2O6S2/c1-3-4-14(19(24)25)21-18(23)17(30-20(21)29)10-13-7-8-16(28-13)12-6-5-11(2)15(9-12)22(26)27/h5-10,14H,3-4H2,1-2H3,(H,24,25)/b17-10-/t14-/m0/s1. The highest BCUT2D eigenvalue weighted by Crippen LogP contribution is 2.36. The number of nitro benzene ring substituents is 1. The molecule has 2 heterocycles. The van der Waals surface area contributed by atoms with Crippen LogP contribution in [-0.4, -0.2) is 37.2 Å². The van der Waals surface area contributed by atoms with E-state index in [4.69, 9.17) is 16.6 Å². The van der Waals surface area contributed by atoms with E-state index in [1.165, 1.54) is 12.1 Å². The second kappa shape index (κ2) is 8.80. The Balaban J connectivity index is 1.87. The Bertz CT molecular complexity index is 1070. The summed E-state index contributed by atoms with van der Waals surface area (Å²) in [5.41, 5.74) is 1.06. The van der Waals surface area contributed by atoms with Gasteiger partial charge in [0.2, 0.25) is 0 Å². The second-order valence-corrected chi connectivity index (χ2v) is 8.33. The van der Waals surface area contributed by atoms with Crippen LogP contribution in [0.15, 0.2) is 39.7 Å². The van der Waals surface area contributed by atoms with Crippen molar-refractivity contribution in [2.75, 3.05) is 0 Å². The summed E-state index contributed by atoms with van der Waals surface area (Å²) in [5.74, 6) is -0.809. The van der Waals surface area contributed by atoms with Crippen LogP contribution in [0.4, 0.5) is 5.69 Å². The van der Waals surface area contributed by atoms with Crippen LogP contribution in [0.25, 0.3) is 17.4 Å². The van der Waals surface area contributed by atoms with Crippen molar-refractivity contribution in [1.82, 2.24) is 4.90 Å². The molecule has 1 aromatic carbocycles. The molecule has 3 rings (SSSR count). The van der Waals surface area contributed by atoms with Crippen molar-refractivity contribution in [3.8, 4) is 11.3 Å². The lowest BCUT2D eigenvalue weighted by molar-refractivity contribution is -0.385. The summed E-state index contributed by atoms with van der Waals surface area (Å²) in [6.45, 7) is 3.49. The van der Waals surface area contributed by atoms with E-state index < -0.39 is 22.8 Å². The molecule has 10 heteroatoms. The number of thiocarbonyl (C=S) groups is 1. The third-order valence-electron chi connectivity index (χ3n) is 4.57. The zero-order valence-corrected chi connectivity index (χ0v) is 17.8. The molecular formula is C20H18N2O6S2. The van der Waals surface area contributed by atoms with Crippen LogP contribution >= 0.6 is 24.0 Å². The first-order chi connectivity index (χ1) is 14.2. The molecular weight excluding hydrogens is 428 g/mol. The van der Waals surface area contributed by atoms with Crippen LogP contribution in [0.1, 0.15) is 31.1 Å². The highest BCUT2D eigenvalue weighted by molar-refractivity contribution is 8.26. The van der Waals surface area contributed by atoms with Gasteiger partial charge in [-0.25, -0.2) is 4.79 Å². The van der Waals surface area contributed by atoms with Crippen LogP contribution in [-0.2, 0) is 9.59 Å². The molecule has 0 bridgehead atoms. The molecule has 1 atom stereocenters. The van der Waals surface area contributed by atoms with Crippen molar-refractivity contribution in [1.29, 1.82) is 0 Å². The maximum atomic E-state index is 12.7. The summed E-state index contributed by atoms with van der Waals surface area (Å²) >= 11 is 6.24. The van der Waals surface area contributed by atoms with Gasteiger partial charge >= 0.3 is 5.97 Å². The first-order valence-corrected chi connectivity index (χ1v) is 10.3. The maximum Gasteiger partial charge on any atom is 0.326 e. The summed E-state index contributed by atoms with van der Waals surface area (Å²) in [5, 5.41) is 20.6. The Morgan fingerprint density at radius 2 is 2.13 bits per heavy atom. The van der Waals surface area contributed by atoms with Crippen molar-refractivity contribution in [3.05, 3.63) is 56.7 Å². The molecule has 1 amide bonds. The molecule has 30 heavy (non-hydrogen) atoms. The zero-order valence-electron chi connectivity index (χ0n) is 16.2. The molecule has 1 saturated heterocycles. The van der Waals surface area contributed by atoms with E-state index in [1.54, 1.807) is 31.2 Å². The lowest BCUT2D eigenvalue weighted by Crippen LogP contribution is -2.43. The molecule has 1 aliphatic rings. The van der Waals surface area contributed by atoms with Gasteiger partial charge in [-0.15, -0.1) is 0 Å². The molecule has 156 valence electrons. The number of carbonyl (C=O) groups is 2. The number of nitro groups is 1. The zero-order chi connectivity index (χ0) is 22.0. The van der Waals surface area contributed by atoms with Crippen LogP contribution < -0.4 is 0 Å². The van der Waals surface area contributed by atoms with Crippen molar-refractivity contribution in [2.45, 2.75) is 32.7 Å². The lowest BCUT2D eigenvalue weighted by atomic mass is 10.1. The fourth-order valence-electron chi connectivity index (χ4n) is 3.06. The number of nitrogens with zero attached hydrogens (tertiary/aromatic N) is 2. The monoisotopic (exact) mass is 446 g/mol. The number of benzene rings is 1. The topological polar surface area (TPSA) is 114 Å². The molecule has 0 spiro atoms. The van der Waals surface area contributed by atoms with Gasteiger partial charge in [-0.3, -0.25) is 19.8 Å². The summed E-state index contributed by atoms with van der Waals surface area (Å²) in [4.78, 5) is 36.4. The smallest absolute Gasteiger partial charge is 0.326 e. The fourth-order valence-corrected chi connectivity index (χ4v) is 4.40. The molecule has 0 unspecified atom stereocenters. The predicted molar refractivity (Wildman–Crippen MR) is 117 cm³/mol. The van der Waals surface area contributed by atoms with Gasteiger partial charge in [-0.05, 0) is 25.5 Å². The van der Waals surface area contributed by atoms with E-state index >= 15 is 0 Å². The normalized spacial score (nSPS) is 16.3. The number of amides is 1. The number of furan rings is 1. The van der Waals surface area contributed by atoms with Gasteiger partial charge in [0.25, 0.3) is 11.6 Å². The summed E-state index contributed by atoms with van der Waals surface area (Å²) in [7, 11) is 0. The van der Waals surface area contributed by atoms with Crippen molar-refractivity contribution in [2.24, 2.45) is 0 Å². The first kappa shape index (κ1) is 21.7. The van der Waals surface area contributed by atoms with E-state index in [0.29, 0.717) is 35.5 Å². The largest absolute Gasteiger partial charge is 0.480 e. The minimum atomic E-state index is -1.10. The van der Waals surface area contributed by atoms with Crippen LogP contribution in [0.3, 0.4) is 0 Å². The third-order valence-corrected chi connectivity index (χ3v) is 5.90. The molecule has 0 aliphatic carbocycles. The average Bonchev–Trinajstić information content (AvgIpc) is 3.25. The Morgan fingerprint density at radius 3 is 2.77 bits per heavy atom. The lowest BCUT2D eigenvalue weighted by Gasteiger charge is -2.22. The minimum absolute atomic E-state index is 0.0121. The first-order valence-electron chi connectivity index (χ1n) is 9.08. The van der Waals surface area contributed by atoms with Gasteiger partial charge in [0.1, 0.15) is 21.9 Å². The molecule has 0 saturated carbocycles. The number of carboxylic acid groups (broad SMARTS) is 1. The Labute approximate surface area is 181 Å². The molecule has 1 N–H and O–H groups in total. The Morgan fingerprint density at radius 1 is 1.40 bits per heavy atom. The average molecular weight is 447 g/mol. The molecule has 0 radical (unpaired) electrons. The van der Waals surface area contributed by atoms with Gasteiger partial charge in [0.05, 0.1) is 9.83 Å². The minimum Gasteiger partial charge on any atom is -0.480 e. The number of carbonyl (C=O) groups excluding carboxylic acids is 1. The summed E-state index contributed by atoms with van der Waals surface area (Å²) in [6, 6.07) is 7.06. The number of aryl methyl sites for hydroxylation is 1. The van der Waals surface area contributed by atoms with E-state index in [1.807, 2.05) is 6.92 Å². The van der Waals surface area contributed by atoms with Gasteiger partial charge in [0, 0.05) is 23.3 Å². The van der Waals surface area contributed by atoms with Gasteiger partial charge in [-0.1, -0.05) is 49.5 Å². The number of carboxylic acids is 1.